The molecule has 1 amide bonds. The third kappa shape index (κ3) is 5.11. The SMILES string of the molecule is O=C(Nc1ccc2ccccc2c1)[C@@H]1CC1c1ccc(S(=O)(=O)NCC2CCNCC2)cc1. The Morgan fingerprint density at radius 2 is 1.67 bits per heavy atom. The molecule has 1 heterocycles. The summed E-state index contributed by atoms with van der Waals surface area (Å²) in [7, 11) is -3.52. The summed E-state index contributed by atoms with van der Waals surface area (Å²) in [5.74, 6) is 0.436. The normalized spacial score (nSPS) is 21.1. The molecule has 6 nitrogen and oxygen atoms in total. The van der Waals surface area contributed by atoms with E-state index in [0.29, 0.717) is 12.5 Å². The highest BCUT2D eigenvalue weighted by molar-refractivity contribution is 7.89. The van der Waals surface area contributed by atoms with Crippen LogP contribution < -0.4 is 15.4 Å². The van der Waals surface area contributed by atoms with E-state index in [2.05, 4.69) is 15.4 Å². The summed E-state index contributed by atoms with van der Waals surface area (Å²) in [5, 5.41) is 8.55. The van der Waals surface area contributed by atoms with Crippen LogP contribution in [-0.4, -0.2) is 34.0 Å². The van der Waals surface area contributed by atoms with Crippen molar-refractivity contribution in [1.82, 2.24) is 10.0 Å². The molecule has 172 valence electrons. The lowest BCUT2D eigenvalue weighted by atomic mass is 9.99. The molecule has 3 aromatic rings. The molecule has 1 unspecified atom stereocenters. The lowest BCUT2D eigenvalue weighted by Gasteiger charge is -2.22. The highest BCUT2D eigenvalue weighted by Gasteiger charge is 2.44. The van der Waals surface area contributed by atoms with Crippen LogP contribution in [0.25, 0.3) is 10.8 Å². The van der Waals surface area contributed by atoms with Gasteiger partial charge in [-0.2, -0.15) is 0 Å². The van der Waals surface area contributed by atoms with Gasteiger partial charge in [0, 0.05) is 18.2 Å². The number of amides is 1. The van der Waals surface area contributed by atoms with E-state index in [9.17, 15) is 13.2 Å². The molecular formula is C26H29N3O3S. The Hall–Kier alpha value is -2.74. The second-order valence-electron chi connectivity index (χ2n) is 9.11. The van der Waals surface area contributed by atoms with Gasteiger partial charge >= 0.3 is 0 Å². The molecule has 33 heavy (non-hydrogen) atoms. The highest BCUT2D eigenvalue weighted by atomic mass is 32.2. The zero-order chi connectivity index (χ0) is 22.8. The van der Waals surface area contributed by atoms with Gasteiger partial charge in [-0.15, -0.1) is 0 Å². The van der Waals surface area contributed by atoms with Crippen molar-refractivity contribution in [2.24, 2.45) is 11.8 Å². The van der Waals surface area contributed by atoms with Gasteiger partial charge in [-0.3, -0.25) is 4.79 Å². The number of carbonyl (C=O) groups excluding carboxylic acids is 1. The van der Waals surface area contributed by atoms with Crippen LogP contribution in [0.15, 0.2) is 71.6 Å². The number of hydrogen-bond donors (Lipinski definition) is 3. The second-order valence-corrected chi connectivity index (χ2v) is 10.9. The molecule has 1 saturated heterocycles. The van der Waals surface area contributed by atoms with E-state index in [-0.39, 0.29) is 22.6 Å². The van der Waals surface area contributed by atoms with E-state index >= 15 is 0 Å². The standard InChI is InChI=1S/C26H29N3O3S/c30-26(29-22-8-5-19-3-1-2-4-21(19)15-22)25-16-24(25)20-6-9-23(10-7-20)33(31,32)28-17-18-11-13-27-14-12-18/h1-10,15,18,24-25,27-28H,11-14,16-17H2,(H,29,30)/t24?,25-/m1/s1. The molecule has 3 aromatic carbocycles. The quantitative estimate of drug-likeness (QED) is 0.497. The summed E-state index contributed by atoms with van der Waals surface area (Å²) in [5.41, 5.74) is 1.80. The molecule has 0 bridgehead atoms. The van der Waals surface area contributed by atoms with Crippen molar-refractivity contribution in [3.05, 3.63) is 72.3 Å². The molecule has 1 aliphatic heterocycles. The third-order valence-electron chi connectivity index (χ3n) is 6.78. The van der Waals surface area contributed by atoms with Crippen LogP contribution in [0.3, 0.4) is 0 Å². The van der Waals surface area contributed by atoms with E-state index in [1.54, 1.807) is 12.1 Å². The van der Waals surface area contributed by atoms with Gasteiger partial charge in [-0.1, -0.05) is 42.5 Å². The van der Waals surface area contributed by atoms with Gasteiger partial charge in [0.15, 0.2) is 0 Å². The van der Waals surface area contributed by atoms with Crippen molar-refractivity contribution in [2.45, 2.75) is 30.1 Å². The maximum absolute atomic E-state index is 12.7. The minimum absolute atomic E-state index is 0.00983. The number of hydrogen-bond acceptors (Lipinski definition) is 4. The van der Waals surface area contributed by atoms with Crippen molar-refractivity contribution in [1.29, 1.82) is 0 Å². The summed E-state index contributed by atoms with van der Waals surface area (Å²) in [6.07, 6.45) is 2.76. The summed E-state index contributed by atoms with van der Waals surface area (Å²) < 4.78 is 28.1. The zero-order valence-corrected chi connectivity index (χ0v) is 19.3. The Labute approximate surface area is 194 Å². The first-order valence-corrected chi connectivity index (χ1v) is 13.1. The van der Waals surface area contributed by atoms with Gasteiger partial charge in [-0.05, 0) is 84.8 Å². The number of fused-ring (bicyclic) bond motifs is 1. The van der Waals surface area contributed by atoms with Gasteiger partial charge in [0.2, 0.25) is 15.9 Å². The zero-order valence-electron chi connectivity index (χ0n) is 18.5. The number of nitrogens with one attached hydrogen (secondary N) is 3. The van der Waals surface area contributed by atoms with Crippen LogP contribution in [0.4, 0.5) is 5.69 Å². The predicted octanol–water partition coefficient (Wildman–Crippen LogP) is 3.86. The van der Waals surface area contributed by atoms with Crippen LogP contribution in [0.1, 0.15) is 30.7 Å². The Bertz CT molecular complexity index is 1250. The Morgan fingerprint density at radius 3 is 2.42 bits per heavy atom. The van der Waals surface area contributed by atoms with Crippen LogP contribution >= 0.6 is 0 Å². The fourth-order valence-electron chi connectivity index (χ4n) is 4.65. The first kappa shape index (κ1) is 22.1. The number of sulfonamides is 1. The van der Waals surface area contributed by atoms with Crippen LogP contribution in [-0.2, 0) is 14.8 Å². The molecule has 2 fully saturated rings. The number of anilines is 1. The molecular weight excluding hydrogens is 434 g/mol. The molecule has 7 heteroatoms. The maximum Gasteiger partial charge on any atom is 0.240 e. The van der Waals surface area contributed by atoms with Crippen molar-refractivity contribution in [3.63, 3.8) is 0 Å². The third-order valence-corrected chi connectivity index (χ3v) is 8.22. The number of piperidine rings is 1. The first-order valence-electron chi connectivity index (χ1n) is 11.6. The molecule has 1 saturated carbocycles. The number of carbonyl (C=O) groups is 1. The topological polar surface area (TPSA) is 87.3 Å². The lowest BCUT2D eigenvalue weighted by molar-refractivity contribution is -0.117. The van der Waals surface area contributed by atoms with Gasteiger partial charge in [-0.25, -0.2) is 13.1 Å². The van der Waals surface area contributed by atoms with Crippen molar-refractivity contribution >= 4 is 32.4 Å². The molecule has 0 radical (unpaired) electrons. The van der Waals surface area contributed by atoms with Gasteiger partial charge in [0.1, 0.15) is 0 Å². The van der Waals surface area contributed by atoms with E-state index in [4.69, 9.17) is 0 Å². The van der Waals surface area contributed by atoms with Gasteiger partial charge < -0.3 is 10.6 Å². The molecule has 2 aliphatic rings. The van der Waals surface area contributed by atoms with Crippen LogP contribution in [0.2, 0.25) is 0 Å². The van der Waals surface area contributed by atoms with E-state index in [0.717, 1.165) is 54.4 Å². The average Bonchev–Trinajstić information content (AvgIpc) is 3.65. The largest absolute Gasteiger partial charge is 0.326 e. The van der Waals surface area contributed by atoms with E-state index in [1.165, 1.54) is 0 Å². The van der Waals surface area contributed by atoms with E-state index < -0.39 is 10.0 Å². The van der Waals surface area contributed by atoms with Crippen molar-refractivity contribution in [3.8, 4) is 0 Å². The minimum Gasteiger partial charge on any atom is -0.326 e. The summed E-state index contributed by atoms with van der Waals surface area (Å²) in [4.78, 5) is 13.0. The van der Waals surface area contributed by atoms with Crippen molar-refractivity contribution in [2.75, 3.05) is 25.0 Å². The predicted molar refractivity (Wildman–Crippen MR) is 131 cm³/mol. The fraction of sp³-hybridized carbons (Fsp3) is 0.346. The lowest BCUT2D eigenvalue weighted by Crippen LogP contribution is -2.35. The average molecular weight is 464 g/mol. The molecule has 3 N–H and O–H groups in total. The second kappa shape index (κ2) is 9.25. The van der Waals surface area contributed by atoms with Gasteiger partial charge in [0.05, 0.1) is 4.90 Å². The Morgan fingerprint density at radius 1 is 0.939 bits per heavy atom. The van der Waals surface area contributed by atoms with Gasteiger partial charge in [0.25, 0.3) is 0 Å². The summed E-state index contributed by atoms with van der Waals surface area (Å²) in [6.45, 7) is 2.36. The molecule has 2 atom stereocenters. The minimum atomic E-state index is -3.52. The monoisotopic (exact) mass is 463 g/mol. The summed E-state index contributed by atoms with van der Waals surface area (Å²) in [6, 6.07) is 21.0. The molecule has 5 rings (SSSR count). The number of rotatable bonds is 7. The molecule has 0 aromatic heterocycles. The summed E-state index contributed by atoms with van der Waals surface area (Å²) >= 11 is 0. The Balaban J connectivity index is 1.18. The first-order chi connectivity index (χ1) is 16.0. The highest BCUT2D eigenvalue weighted by Crippen LogP contribution is 2.48. The van der Waals surface area contributed by atoms with Crippen molar-refractivity contribution < 1.29 is 13.2 Å². The molecule has 0 spiro atoms. The Kier molecular flexibility index (Phi) is 6.19. The van der Waals surface area contributed by atoms with E-state index in [1.807, 2.05) is 54.6 Å². The molecule has 1 aliphatic carbocycles. The maximum atomic E-state index is 12.7. The smallest absolute Gasteiger partial charge is 0.240 e. The van der Waals surface area contributed by atoms with Crippen LogP contribution in [0, 0.1) is 11.8 Å². The van der Waals surface area contributed by atoms with Crippen LogP contribution in [0.5, 0.6) is 0 Å². The number of benzene rings is 3. The fourth-order valence-corrected chi connectivity index (χ4v) is 5.76.